The molecule has 0 bridgehead atoms. The Kier molecular flexibility index (Phi) is 5.21. The van der Waals surface area contributed by atoms with E-state index in [-0.39, 0.29) is 0 Å². The molecule has 19 heavy (non-hydrogen) atoms. The quantitative estimate of drug-likeness (QED) is 0.718. The van der Waals surface area contributed by atoms with Gasteiger partial charge in [0.1, 0.15) is 5.76 Å². The second-order valence-corrected chi connectivity index (χ2v) is 5.10. The third-order valence-electron chi connectivity index (χ3n) is 3.45. The van der Waals surface area contributed by atoms with Crippen molar-refractivity contribution in [3.8, 4) is 0 Å². The van der Waals surface area contributed by atoms with Crippen LogP contribution in [0.3, 0.4) is 0 Å². The van der Waals surface area contributed by atoms with E-state index in [2.05, 4.69) is 29.4 Å². The number of rotatable bonds is 8. The predicted molar refractivity (Wildman–Crippen MR) is 76.1 cm³/mol. The summed E-state index contributed by atoms with van der Waals surface area (Å²) in [7, 11) is 0. The first kappa shape index (κ1) is 13.9. The molecule has 0 radical (unpaired) electrons. The van der Waals surface area contributed by atoms with Crippen molar-refractivity contribution >= 4 is 0 Å². The summed E-state index contributed by atoms with van der Waals surface area (Å²) in [5.41, 5.74) is 2.51. The first-order chi connectivity index (χ1) is 9.25. The number of aryl methyl sites for hydroxylation is 3. The molecule has 2 rings (SSSR count). The van der Waals surface area contributed by atoms with Gasteiger partial charge in [0.15, 0.2) is 0 Å². The fourth-order valence-corrected chi connectivity index (χ4v) is 2.17. The van der Waals surface area contributed by atoms with Crippen LogP contribution in [0.5, 0.6) is 0 Å². The Bertz CT molecular complexity index is 461. The molecule has 0 spiro atoms. The van der Waals surface area contributed by atoms with Crippen LogP contribution in [-0.2, 0) is 12.8 Å². The van der Waals surface area contributed by atoms with E-state index in [0.29, 0.717) is 6.04 Å². The Morgan fingerprint density at radius 2 is 2.32 bits per heavy atom. The molecule has 4 heteroatoms. The summed E-state index contributed by atoms with van der Waals surface area (Å²) in [4.78, 5) is 0. The molecule has 2 aromatic rings. The number of hydrogen-bond donors (Lipinski definition) is 2. The predicted octanol–water partition coefficient (Wildman–Crippen LogP) is 2.85. The molecule has 0 aliphatic heterocycles. The smallest absolute Gasteiger partial charge is 0.103 e. The Hall–Kier alpha value is -1.55. The van der Waals surface area contributed by atoms with Crippen LogP contribution in [0.1, 0.15) is 36.8 Å². The third kappa shape index (κ3) is 4.56. The summed E-state index contributed by atoms with van der Waals surface area (Å²) >= 11 is 0. The van der Waals surface area contributed by atoms with Gasteiger partial charge in [-0.3, -0.25) is 5.10 Å². The van der Waals surface area contributed by atoms with Gasteiger partial charge >= 0.3 is 0 Å². The number of nitrogens with zero attached hydrogens (tertiary/aromatic N) is 1. The number of hydrogen-bond acceptors (Lipinski definition) is 3. The molecule has 2 N–H and O–H groups in total. The Balaban J connectivity index is 1.56. The van der Waals surface area contributed by atoms with Crippen LogP contribution in [0.25, 0.3) is 0 Å². The summed E-state index contributed by atoms with van der Waals surface area (Å²) in [6.45, 7) is 5.34. The van der Waals surface area contributed by atoms with Crippen molar-refractivity contribution in [2.45, 2.75) is 45.6 Å². The van der Waals surface area contributed by atoms with Crippen molar-refractivity contribution in [1.29, 1.82) is 0 Å². The van der Waals surface area contributed by atoms with Crippen LogP contribution in [0.15, 0.2) is 29.0 Å². The normalized spacial score (nSPS) is 12.7. The molecule has 0 amide bonds. The second-order valence-electron chi connectivity index (χ2n) is 5.10. The van der Waals surface area contributed by atoms with E-state index in [1.807, 2.05) is 18.3 Å². The van der Waals surface area contributed by atoms with E-state index in [4.69, 9.17) is 4.42 Å². The minimum atomic E-state index is 0.524. The average molecular weight is 261 g/mol. The van der Waals surface area contributed by atoms with Gasteiger partial charge in [0.05, 0.1) is 12.5 Å². The zero-order valence-electron chi connectivity index (χ0n) is 11.8. The molecule has 0 aliphatic rings. The lowest BCUT2D eigenvalue weighted by Gasteiger charge is -2.12. The van der Waals surface area contributed by atoms with E-state index in [9.17, 15) is 0 Å². The van der Waals surface area contributed by atoms with Crippen LogP contribution in [0.4, 0.5) is 0 Å². The number of nitrogens with one attached hydrogen (secondary N) is 2. The second kappa shape index (κ2) is 7.14. The fraction of sp³-hybridized carbons (Fsp3) is 0.533. The Morgan fingerprint density at radius 3 is 3.00 bits per heavy atom. The molecule has 0 fully saturated rings. The summed E-state index contributed by atoms with van der Waals surface area (Å²) in [6.07, 6.45) is 8.00. The molecular weight excluding hydrogens is 238 g/mol. The zero-order chi connectivity index (χ0) is 13.5. The summed E-state index contributed by atoms with van der Waals surface area (Å²) in [6, 6.07) is 4.50. The van der Waals surface area contributed by atoms with E-state index in [0.717, 1.165) is 38.0 Å². The van der Waals surface area contributed by atoms with E-state index in [1.165, 1.54) is 11.3 Å². The molecule has 2 aromatic heterocycles. The lowest BCUT2D eigenvalue weighted by molar-refractivity contribution is 0.458. The van der Waals surface area contributed by atoms with E-state index < -0.39 is 0 Å². The number of furan rings is 1. The van der Waals surface area contributed by atoms with Gasteiger partial charge in [-0.25, -0.2) is 0 Å². The van der Waals surface area contributed by atoms with Gasteiger partial charge in [0.2, 0.25) is 0 Å². The highest BCUT2D eigenvalue weighted by Crippen LogP contribution is 2.07. The molecule has 0 aromatic carbocycles. The SMILES string of the molecule is Cc1[nH]ncc1CCCNC(C)CCc1ccco1. The lowest BCUT2D eigenvalue weighted by Crippen LogP contribution is -2.27. The Morgan fingerprint density at radius 1 is 1.42 bits per heavy atom. The highest BCUT2D eigenvalue weighted by Gasteiger charge is 2.04. The van der Waals surface area contributed by atoms with Gasteiger partial charge < -0.3 is 9.73 Å². The number of aromatic nitrogens is 2. The molecule has 2 heterocycles. The van der Waals surface area contributed by atoms with Gasteiger partial charge in [-0.05, 0) is 57.4 Å². The van der Waals surface area contributed by atoms with Gasteiger partial charge in [-0.15, -0.1) is 0 Å². The molecule has 1 unspecified atom stereocenters. The van der Waals surface area contributed by atoms with Gasteiger partial charge in [0, 0.05) is 18.2 Å². The van der Waals surface area contributed by atoms with Crippen molar-refractivity contribution in [3.05, 3.63) is 41.6 Å². The first-order valence-electron chi connectivity index (χ1n) is 7.00. The Labute approximate surface area is 114 Å². The van der Waals surface area contributed by atoms with Crippen molar-refractivity contribution in [2.75, 3.05) is 6.54 Å². The van der Waals surface area contributed by atoms with Gasteiger partial charge in [-0.1, -0.05) is 0 Å². The first-order valence-corrected chi connectivity index (χ1v) is 7.00. The number of H-pyrrole nitrogens is 1. The summed E-state index contributed by atoms with van der Waals surface area (Å²) in [5.74, 6) is 1.07. The van der Waals surface area contributed by atoms with Crippen LogP contribution < -0.4 is 5.32 Å². The molecular formula is C15H23N3O. The van der Waals surface area contributed by atoms with Crippen LogP contribution >= 0.6 is 0 Å². The van der Waals surface area contributed by atoms with Crippen LogP contribution in [-0.4, -0.2) is 22.8 Å². The summed E-state index contributed by atoms with van der Waals surface area (Å²) in [5, 5.41) is 10.6. The molecule has 0 aliphatic carbocycles. The minimum absolute atomic E-state index is 0.524. The number of aromatic amines is 1. The molecule has 0 saturated carbocycles. The van der Waals surface area contributed by atoms with Gasteiger partial charge in [0.25, 0.3) is 0 Å². The molecule has 4 nitrogen and oxygen atoms in total. The van der Waals surface area contributed by atoms with E-state index in [1.54, 1.807) is 6.26 Å². The fourth-order valence-electron chi connectivity index (χ4n) is 2.17. The largest absolute Gasteiger partial charge is 0.469 e. The average Bonchev–Trinajstić information content (AvgIpc) is 3.04. The molecule has 1 atom stereocenters. The molecule has 0 saturated heterocycles. The van der Waals surface area contributed by atoms with Crippen molar-refractivity contribution < 1.29 is 4.42 Å². The van der Waals surface area contributed by atoms with Crippen LogP contribution in [0, 0.1) is 6.92 Å². The van der Waals surface area contributed by atoms with E-state index >= 15 is 0 Å². The van der Waals surface area contributed by atoms with Crippen molar-refractivity contribution in [2.24, 2.45) is 0 Å². The minimum Gasteiger partial charge on any atom is -0.469 e. The topological polar surface area (TPSA) is 53.9 Å². The maximum atomic E-state index is 5.33. The maximum absolute atomic E-state index is 5.33. The van der Waals surface area contributed by atoms with Crippen molar-refractivity contribution in [1.82, 2.24) is 15.5 Å². The highest BCUT2D eigenvalue weighted by molar-refractivity contribution is 5.14. The monoisotopic (exact) mass is 261 g/mol. The maximum Gasteiger partial charge on any atom is 0.103 e. The van der Waals surface area contributed by atoms with Crippen LogP contribution in [0.2, 0.25) is 0 Å². The lowest BCUT2D eigenvalue weighted by atomic mass is 10.1. The molecule has 104 valence electrons. The van der Waals surface area contributed by atoms with Gasteiger partial charge in [-0.2, -0.15) is 5.10 Å². The zero-order valence-corrected chi connectivity index (χ0v) is 11.8. The third-order valence-corrected chi connectivity index (χ3v) is 3.45. The summed E-state index contributed by atoms with van der Waals surface area (Å²) < 4.78 is 5.33. The van der Waals surface area contributed by atoms with Crippen molar-refractivity contribution in [3.63, 3.8) is 0 Å². The standard InChI is InChI=1S/C15H23N3O/c1-12(7-8-15-6-4-10-19-15)16-9-3-5-14-11-17-18-13(14)2/h4,6,10-12,16H,3,5,7-9H2,1-2H3,(H,17,18). The highest BCUT2D eigenvalue weighted by atomic mass is 16.3.